The van der Waals surface area contributed by atoms with Crippen LogP contribution in [0.2, 0.25) is 5.02 Å². The number of aromatic nitrogens is 2. The molecule has 2 aromatic rings. The second-order valence-electron chi connectivity index (χ2n) is 5.22. The van der Waals surface area contributed by atoms with Gasteiger partial charge in [-0.2, -0.15) is 0 Å². The topological polar surface area (TPSA) is 102 Å². The summed E-state index contributed by atoms with van der Waals surface area (Å²) in [6, 6.07) is 7.64. The first-order valence-electron chi connectivity index (χ1n) is 7.81. The first kappa shape index (κ1) is 19.6. The van der Waals surface area contributed by atoms with Crippen molar-refractivity contribution in [2.75, 3.05) is 38.0 Å². The number of carbonyl (C=O) groups is 2. The number of benzene rings is 1. The standard InChI is InChI=1S/C17H19ClN4O4/c1-25-9-3-8-19-15-7-6-13(21-22-15)16(23)20-14-10-11(17(24)26-2)4-5-12(14)18/h4-7,10H,3,8-9H2,1-2H3,(H,19,22)(H,20,23). The number of amides is 1. The van der Waals surface area contributed by atoms with Gasteiger partial charge in [-0.15, -0.1) is 10.2 Å². The quantitative estimate of drug-likeness (QED) is 0.537. The van der Waals surface area contributed by atoms with Gasteiger partial charge in [0.15, 0.2) is 5.69 Å². The summed E-state index contributed by atoms with van der Waals surface area (Å²) in [5, 5.41) is 13.8. The lowest BCUT2D eigenvalue weighted by molar-refractivity contribution is 0.0600. The molecule has 0 atom stereocenters. The fourth-order valence-corrected chi connectivity index (χ4v) is 2.20. The molecule has 0 aliphatic heterocycles. The molecule has 1 aromatic carbocycles. The van der Waals surface area contributed by atoms with Crippen molar-refractivity contribution in [3.8, 4) is 0 Å². The van der Waals surface area contributed by atoms with Crippen LogP contribution in [-0.4, -0.2) is 49.4 Å². The average Bonchev–Trinajstić information content (AvgIpc) is 2.66. The van der Waals surface area contributed by atoms with Crippen LogP contribution in [0, 0.1) is 0 Å². The van der Waals surface area contributed by atoms with Crippen LogP contribution in [0.25, 0.3) is 0 Å². The molecule has 0 spiro atoms. The third-order valence-electron chi connectivity index (χ3n) is 3.36. The fraction of sp³-hybridized carbons (Fsp3) is 0.294. The summed E-state index contributed by atoms with van der Waals surface area (Å²) in [5.41, 5.74) is 0.670. The van der Waals surface area contributed by atoms with E-state index >= 15 is 0 Å². The fourth-order valence-electron chi connectivity index (χ4n) is 2.03. The van der Waals surface area contributed by atoms with Gasteiger partial charge in [-0.05, 0) is 36.8 Å². The highest BCUT2D eigenvalue weighted by atomic mass is 35.5. The number of hydrogen-bond acceptors (Lipinski definition) is 7. The number of carbonyl (C=O) groups excluding carboxylic acids is 2. The van der Waals surface area contributed by atoms with Crippen molar-refractivity contribution < 1.29 is 19.1 Å². The minimum atomic E-state index is -0.527. The maximum Gasteiger partial charge on any atom is 0.337 e. The van der Waals surface area contributed by atoms with Gasteiger partial charge in [-0.25, -0.2) is 4.79 Å². The zero-order valence-electron chi connectivity index (χ0n) is 14.4. The lowest BCUT2D eigenvalue weighted by Gasteiger charge is -2.09. The molecule has 0 aliphatic carbocycles. The minimum absolute atomic E-state index is 0.118. The third-order valence-corrected chi connectivity index (χ3v) is 3.69. The number of esters is 1. The molecule has 1 amide bonds. The summed E-state index contributed by atoms with van der Waals surface area (Å²) in [7, 11) is 2.91. The van der Waals surface area contributed by atoms with E-state index in [4.69, 9.17) is 16.3 Å². The van der Waals surface area contributed by atoms with Crippen LogP contribution in [0.4, 0.5) is 11.5 Å². The normalized spacial score (nSPS) is 10.3. The van der Waals surface area contributed by atoms with E-state index in [2.05, 4.69) is 25.6 Å². The Bertz CT molecular complexity index is 768. The summed E-state index contributed by atoms with van der Waals surface area (Å²) < 4.78 is 9.61. The van der Waals surface area contributed by atoms with Crippen molar-refractivity contribution in [1.29, 1.82) is 0 Å². The smallest absolute Gasteiger partial charge is 0.337 e. The predicted molar refractivity (Wildman–Crippen MR) is 97.8 cm³/mol. The summed E-state index contributed by atoms with van der Waals surface area (Å²) in [6.07, 6.45) is 0.829. The molecule has 26 heavy (non-hydrogen) atoms. The molecular weight excluding hydrogens is 360 g/mol. The van der Waals surface area contributed by atoms with Crippen LogP contribution in [0.15, 0.2) is 30.3 Å². The largest absolute Gasteiger partial charge is 0.465 e. The summed E-state index contributed by atoms with van der Waals surface area (Å²) in [6.45, 7) is 1.33. The summed E-state index contributed by atoms with van der Waals surface area (Å²) in [4.78, 5) is 23.9. The van der Waals surface area contributed by atoms with Gasteiger partial charge in [0, 0.05) is 20.3 Å². The van der Waals surface area contributed by atoms with Gasteiger partial charge < -0.3 is 20.1 Å². The first-order valence-corrected chi connectivity index (χ1v) is 8.18. The first-order chi connectivity index (χ1) is 12.5. The van der Waals surface area contributed by atoms with Crippen molar-refractivity contribution >= 4 is 35.0 Å². The van der Waals surface area contributed by atoms with E-state index in [1.165, 1.54) is 25.3 Å². The van der Waals surface area contributed by atoms with Crippen LogP contribution < -0.4 is 10.6 Å². The zero-order valence-corrected chi connectivity index (χ0v) is 15.2. The molecule has 9 heteroatoms. The lowest BCUT2D eigenvalue weighted by atomic mass is 10.2. The number of methoxy groups -OCH3 is 2. The second kappa shape index (κ2) is 9.69. The van der Waals surface area contributed by atoms with E-state index in [9.17, 15) is 9.59 Å². The molecule has 0 aliphatic rings. The molecule has 1 aromatic heterocycles. The maximum atomic E-state index is 12.3. The van der Waals surface area contributed by atoms with Crippen molar-refractivity contribution in [2.24, 2.45) is 0 Å². The van der Waals surface area contributed by atoms with Crippen LogP contribution in [0.5, 0.6) is 0 Å². The Labute approximate surface area is 155 Å². The molecule has 8 nitrogen and oxygen atoms in total. The Morgan fingerprint density at radius 3 is 2.62 bits per heavy atom. The van der Waals surface area contributed by atoms with Crippen LogP contribution in [0.3, 0.4) is 0 Å². The van der Waals surface area contributed by atoms with Gasteiger partial charge in [-0.1, -0.05) is 11.6 Å². The number of rotatable bonds is 8. The zero-order chi connectivity index (χ0) is 18.9. The van der Waals surface area contributed by atoms with Gasteiger partial charge in [0.05, 0.1) is 23.4 Å². The predicted octanol–water partition coefficient (Wildman–Crippen LogP) is 2.62. The van der Waals surface area contributed by atoms with E-state index in [0.717, 1.165) is 6.42 Å². The van der Waals surface area contributed by atoms with Gasteiger partial charge in [-0.3, -0.25) is 4.79 Å². The molecule has 138 valence electrons. The number of halogens is 1. The number of nitrogens with one attached hydrogen (secondary N) is 2. The van der Waals surface area contributed by atoms with Gasteiger partial charge in [0.2, 0.25) is 0 Å². The molecular formula is C17H19ClN4O4. The Morgan fingerprint density at radius 2 is 1.96 bits per heavy atom. The average molecular weight is 379 g/mol. The Hall–Kier alpha value is -2.71. The Morgan fingerprint density at radius 1 is 1.15 bits per heavy atom. The van der Waals surface area contributed by atoms with Crippen molar-refractivity contribution in [1.82, 2.24) is 10.2 Å². The lowest BCUT2D eigenvalue weighted by Crippen LogP contribution is -2.16. The van der Waals surface area contributed by atoms with Crippen molar-refractivity contribution in [3.63, 3.8) is 0 Å². The monoisotopic (exact) mass is 378 g/mol. The molecule has 2 N–H and O–H groups in total. The maximum absolute atomic E-state index is 12.3. The number of ether oxygens (including phenoxy) is 2. The Balaban J connectivity index is 2.02. The molecule has 2 rings (SSSR count). The van der Waals surface area contributed by atoms with E-state index in [1.54, 1.807) is 19.2 Å². The highest BCUT2D eigenvalue weighted by Crippen LogP contribution is 2.24. The number of nitrogens with zero attached hydrogens (tertiary/aromatic N) is 2. The summed E-state index contributed by atoms with van der Waals surface area (Å²) in [5.74, 6) is -0.461. The van der Waals surface area contributed by atoms with E-state index in [0.29, 0.717) is 19.0 Å². The highest BCUT2D eigenvalue weighted by Gasteiger charge is 2.13. The highest BCUT2D eigenvalue weighted by molar-refractivity contribution is 6.34. The third kappa shape index (κ3) is 5.40. The van der Waals surface area contributed by atoms with Gasteiger partial charge in [0.1, 0.15) is 5.82 Å². The molecule has 0 saturated heterocycles. The molecule has 0 bridgehead atoms. The van der Waals surface area contributed by atoms with Crippen LogP contribution in [-0.2, 0) is 9.47 Å². The van der Waals surface area contributed by atoms with Crippen LogP contribution in [0.1, 0.15) is 27.3 Å². The minimum Gasteiger partial charge on any atom is -0.465 e. The van der Waals surface area contributed by atoms with E-state index < -0.39 is 11.9 Å². The van der Waals surface area contributed by atoms with E-state index in [1.807, 2.05) is 0 Å². The SMILES string of the molecule is COCCCNc1ccc(C(=O)Nc2cc(C(=O)OC)ccc2Cl)nn1. The van der Waals surface area contributed by atoms with Crippen molar-refractivity contribution in [3.05, 3.63) is 46.6 Å². The number of anilines is 2. The second-order valence-corrected chi connectivity index (χ2v) is 5.62. The molecule has 1 heterocycles. The number of hydrogen-bond donors (Lipinski definition) is 2. The Kier molecular flexibility index (Phi) is 7.31. The molecule has 0 fully saturated rings. The van der Waals surface area contributed by atoms with Gasteiger partial charge >= 0.3 is 5.97 Å². The van der Waals surface area contributed by atoms with Crippen LogP contribution >= 0.6 is 11.6 Å². The van der Waals surface area contributed by atoms with Gasteiger partial charge in [0.25, 0.3) is 5.91 Å². The molecule has 0 unspecified atom stereocenters. The van der Waals surface area contributed by atoms with E-state index in [-0.39, 0.29) is 22.0 Å². The molecule has 0 radical (unpaired) electrons. The van der Waals surface area contributed by atoms with Crippen molar-refractivity contribution in [2.45, 2.75) is 6.42 Å². The molecule has 0 saturated carbocycles. The summed E-state index contributed by atoms with van der Waals surface area (Å²) >= 11 is 6.06.